The van der Waals surface area contributed by atoms with Gasteiger partial charge in [0.05, 0.1) is 16.7 Å². The monoisotopic (exact) mass is 209 g/mol. The lowest BCUT2D eigenvalue weighted by molar-refractivity contribution is 0.194. The highest BCUT2D eigenvalue weighted by Crippen LogP contribution is 2.23. The van der Waals surface area contributed by atoms with Gasteiger partial charge in [-0.2, -0.15) is 0 Å². The van der Waals surface area contributed by atoms with Gasteiger partial charge in [-0.15, -0.1) is 11.3 Å². The first-order valence-electron chi connectivity index (χ1n) is 4.42. The van der Waals surface area contributed by atoms with E-state index in [1.807, 2.05) is 17.5 Å². The first-order chi connectivity index (χ1) is 6.75. The number of rotatable bonds is 3. The van der Waals surface area contributed by atoms with Crippen LogP contribution in [0.1, 0.15) is 12.6 Å². The predicted molar refractivity (Wildman–Crippen MR) is 55.2 cm³/mol. The summed E-state index contributed by atoms with van der Waals surface area (Å²) in [5.41, 5.74) is 0.795. The Labute approximate surface area is 86.0 Å². The van der Waals surface area contributed by atoms with Crippen molar-refractivity contribution in [1.82, 2.24) is 4.98 Å². The molecule has 0 aliphatic heterocycles. The quantitative estimate of drug-likeness (QED) is 0.843. The molecule has 1 atom stereocenters. The Morgan fingerprint density at radius 1 is 1.64 bits per heavy atom. The lowest BCUT2D eigenvalue weighted by atomic mass is 10.2. The van der Waals surface area contributed by atoms with Gasteiger partial charge in [-0.3, -0.25) is 0 Å². The number of aromatic nitrogens is 1. The summed E-state index contributed by atoms with van der Waals surface area (Å²) < 4.78 is 5.30. The van der Waals surface area contributed by atoms with E-state index in [1.54, 1.807) is 24.5 Å². The zero-order valence-electron chi connectivity index (χ0n) is 7.80. The van der Waals surface area contributed by atoms with E-state index in [-0.39, 0.29) is 6.10 Å². The molecule has 0 bridgehead atoms. The molecule has 0 saturated carbocycles. The molecule has 0 fully saturated rings. The van der Waals surface area contributed by atoms with Crippen molar-refractivity contribution < 1.29 is 9.52 Å². The number of nitrogens with zero attached hydrogens (tertiary/aromatic N) is 1. The number of aliphatic hydroxyl groups is 1. The van der Waals surface area contributed by atoms with E-state index in [1.165, 1.54) is 0 Å². The topological polar surface area (TPSA) is 46.3 Å². The Morgan fingerprint density at radius 2 is 2.50 bits per heavy atom. The molecule has 74 valence electrons. The van der Waals surface area contributed by atoms with E-state index in [4.69, 9.17) is 9.52 Å². The summed E-state index contributed by atoms with van der Waals surface area (Å²) >= 11 is 1.59. The van der Waals surface area contributed by atoms with E-state index >= 15 is 0 Å². The van der Waals surface area contributed by atoms with Crippen molar-refractivity contribution in [1.29, 1.82) is 0 Å². The Kier molecular flexibility index (Phi) is 2.65. The average Bonchev–Trinajstić information content (AvgIpc) is 2.69. The highest BCUT2D eigenvalue weighted by atomic mass is 32.1. The van der Waals surface area contributed by atoms with Gasteiger partial charge in [0.15, 0.2) is 0 Å². The third-order valence-electron chi connectivity index (χ3n) is 1.79. The Hall–Kier alpha value is -1.13. The zero-order valence-corrected chi connectivity index (χ0v) is 8.62. The van der Waals surface area contributed by atoms with Gasteiger partial charge in [0.1, 0.15) is 6.26 Å². The van der Waals surface area contributed by atoms with Gasteiger partial charge < -0.3 is 9.52 Å². The number of thiophene rings is 1. The molecule has 0 aliphatic rings. The summed E-state index contributed by atoms with van der Waals surface area (Å²) in [6, 6.07) is 3.92. The van der Waals surface area contributed by atoms with Gasteiger partial charge in [-0.05, 0) is 18.4 Å². The molecule has 0 radical (unpaired) electrons. The van der Waals surface area contributed by atoms with Crippen molar-refractivity contribution in [3.05, 3.63) is 29.5 Å². The van der Waals surface area contributed by atoms with Crippen LogP contribution in [-0.2, 0) is 6.42 Å². The van der Waals surface area contributed by atoms with Gasteiger partial charge in [0.2, 0.25) is 5.89 Å². The van der Waals surface area contributed by atoms with Gasteiger partial charge in [-0.1, -0.05) is 6.07 Å². The maximum Gasteiger partial charge on any atom is 0.236 e. The van der Waals surface area contributed by atoms with Gasteiger partial charge in [0, 0.05) is 6.42 Å². The molecular weight excluding hydrogens is 198 g/mol. The van der Waals surface area contributed by atoms with Crippen LogP contribution in [-0.4, -0.2) is 16.2 Å². The third-order valence-corrected chi connectivity index (χ3v) is 2.65. The van der Waals surface area contributed by atoms with E-state index in [0.29, 0.717) is 12.3 Å². The molecule has 3 nitrogen and oxygen atoms in total. The minimum absolute atomic E-state index is 0.378. The summed E-state index contributed by atoms with van der Waals surface area (Å²) in [4.78, 5) is 5.29. The van der Waals surface area contributed by atoms with Crippen LogP contribution in [0.15, 0.2) is 28.2 Å². The molecule has 1 N–H and O–H groups in total. The van der Waals surface area contributed by atoms with Gasteiger partial charge in [-0.25, -0.2) is 4.98 Å². The van der Waals surface area contributed by atoms with E-state index in [9.17, 15) is 0 Å². The normalized spacial score (nSPS) is 13.0. The minimum atomic E-state index is -0.378. The minimum Gasteiger partial charge on any atom is -0.444 e. The van der Waals surface area contributed by atoms with Crippen LogP contribution >= 0.6 is 11.3 Å². The molecule has 14 heavy (non-hydrogen) atoms. The second kappa shape index (κ2) is 3.94. The van der Waals surface area contributed by atoms with Crippen molar-refractivity contribution in [2.45, 2.75) is 19.4 Å². The van der Waals surface area contributed by atoms with Crippen molar-refractivity contribution in [2.75, 3.05) is 0 Å². The number of hydrogen-bond acceptors (Lipinski definition) is 4. The fourth-order valence-corrected chi connectivity index (χ4v) is 1.87. The molecule has 0 saturated heterocycles. The number of oxazole rings is 1. The molecule has 1 unspecified atom stereocenters. The molecule has 2 aromatic rings. The molecule has 0 amide bonds. The predicted octanol–water partition coefficient (Wildman–Crippen LogP) is 2.33. The lowest BCUT2D eigenvalue weighted by Crippen LogP contribution is -2.03. The van der Waals surface area contributed by atoms with E-state index in [0.717, 1.165) is 10.6 Å². The highest BCUT2D eigenvalue weighted by molar-refractivity contribution is 7.13. The summed E-state index contributed by atoms with van der Waals surface area (Å²) in [6.07, 6.45) is 1.76. The largest absolute Gasteiger partial charge is 0.444 e. The molecule has 0 spiro atoms. The number of hydrogen-bond donors (Lipinski definition) is 1. The first kappa shape index (κ1) is 9.43. The Morgan fingerprint density at radius 3 is 3.14 bits per heavy atom. The van der Waals surface area contributed by atoms with Crippen LogP contribution < -0.4 is 0 Å². The van der Waals surface area contributed by atoms with Gasteiger partial charge in [0.25, 0.3) is 0 Å². The van der Waals surface area contributed by atoms with Crippen LogP contribution in [0.2, 0.25) is 0 Å². The molecule has 0 aromatic carbocycles. The van der Waals surface area contributed by atoms with Crippen LogP contribution in [0, 0.1) is 0 Å². The maximum absolute atomic E-state index is 9.17. The van der Waals surface area contributed by atoms with Crippen LogP contribution in [0.5, 0.6) is 0 Å². The fourth-order valence-electron chi connectivity index (χ4n) is 1.22. The van der Waals surface area contributed by atoms with E-state index < -0.39 is 0 Å². The van der Waals surface area contributed by atoms with Crippen LogP contribution in [0.25, 0.3) is 10.8 Å². The van der Waals surface area contributed by atoms with E-state index in [2.05, 4.69) is 4.98 Å². The van der Waals surface area contributed by atoms with Gasteiger partial charge >= 0.3 is 0 Å². The second-order valence-corrected chi connectivity index (χ2v) is 4.12. The molecule has 4 heteroatoms. The summed E-state index contributed by atoms with van der Waals surface area (Å²) in [5, 5.41) is 11.1. The van der Waals surface area contributed by atoms with Crippen LogP contribution in [0.3, 0.4) is 0 Å². The fraction of sp³-hybridized carbons (Fsp3) is 0.300. The summed E-state index contributed by atoms with van der Waals surface area (Å²) in [7, 11) is 0. The number of aliphatic hydroxyl groups excluding tert-OH is 1. The molecule has 2 aromatic heterocycles. The maximum atomic E-state index is 9.17. The third kappa shape index (κ3) is 2.02. The average molecular weight is 209 g/mol. The zero-order chi connectivity index (χ0) is 9.97. The Balaban J connectivity index is 2.18. The summed E-state index contributed by atoms with van der Waals surface area (Å²) in [5.74, 6) is 0.635. The summed E-state index contributed by atoms with van der Waals surface area (Å²) in [6.45, 7) is 1.74. The smallest absolute Gasteiger partial charge is 0.236 e. The Bertz CT molecular complexity index is 392. The van der Waals surface area contributed by atoms with Crippen molar-refractivity contribution >= 4 is 11.3 Å². The lowest BCUT2D eigenvalue weighted by Gasteiger charge is -1.96. The van der Waals surface area contributed by atoms with Crippen molar-refractivity contribution in [3.8, 4) is 10.8 Å². The second-order valence-electron chi connectivity index (χ2n) is 3.17. The molecular formula is C10H11NO2S. The first-order valence-corrected chi connectivity index (χ1v) is 5.30. The molecule has 0 aliphatic carbocycles. The van der Waals surface area contributed by atoms with Crippen molar-refractivity contribution in [3.63, 3.8) is 0 Å². The molecule has 2 heterocycles. The molecule has 2 rings (SSSR count). The van der Waals surface area contributed by atoms with Crippen LogP contribution in [0.4, 0.5) is 0 Å². The standard InChI is InChI=1S/C10H11NO2S/c1-7(12)5-8-6-13-10(11-8)9-3-2-4-14-9/h2-4,6-7,12H,5H2,1H3. The van der Waals surface area contributed by atoms with Crippen molar-refractivity contribution in [2.24, 2.45) is 0 Å². The highest BCUT2D eigenvalue weighted by Gasteiger charge is 2.08. The SMILES string of the molecule is CC(O)Cc1coc(-c2cccs2)n1.